The van der Waals surface area contributed by atoms with Gasteiger partial charge in [-0.15, -0.1) is 0 Å². The van der Waals surface area contributed by atoms with Crippen LogP contribution in [0.2, 0.25) is 0 Å². The highest BCUT2D eigenvalue weighted by atomic mass is 19.1. The number of aromatic amines is 1. The fourth-order valence-electron chi connectivity index (χ4n) is 1.29. The molecule has 2 heterocycles. The molecule has 2 aromatic heterocycles. The van der Waals surface area contributed by atoms with Gasteiger partial charge in [-0.1, -0.05) is 13.8 Å². The second-order valence-corrected chi connectivity index (χ2v) is 4.12. The van der Waals surface area contributed by atoms with Gasteiger partial charge in [0.1, 0.15) is 6.33 Å². The van der Waals surface area contributed by atoms with Gasteiger partial charge in [0.05, 0.1) is 0 Å². The fourth-order valence-corrected chi connectivity index (χ4v) is 1.29. The number of anilines is 1. The van der Waals surface area contributed by atoms with Crippen LogP contribution in [0.15, 0.2) is 6.33 Å². The van der Waals surface area contributed by atoms with Crippen LogP contribution in [0, 0.1) is 12.0 Å². The maximum absolute atomic E-state index is 12.9. The molecule has 0 saturated carbocycles. The highest BCUT2D eigenvalue weighted by molar-refractivity contribution is 5.82. The summed E-state index contributed by atoms with van der Waals surface area (Å²) in [6.07, 6.45) is 0.741. The minimum atomic E-state index is -0.643. The summed E-state index contributed by atoms with van der Waals surface area (Å²) in [6, 6.07) is 0.234. The van der Waals surface area contributed by atoms with E-state index < -0.39 is 6.08 Å². The molecule has 0 spiro atoms. The van der Waals surface area contributed by atoms with E-state index in [1.54, 1.807) is 0 Å². The Balaban J connectivity index is 2.36. The molecule has 0 aliphatic carbocycles. The number of aromatic nitrogens is 4. The van der Waals surface area contributed by atoms with Crippen molar-refractivity contribution in [1.82, 2.24) is 19.9 Å². The second kappa shape index (κ2) is 4.03. The van der Waals surface area contributed by atoms with Crippen LogP contribution in [-0.2, 0) is 0 Å². The van der Waals surface area contributed by atoms with Gasteiger partial charge in [-0.25, -0.2) is 9.97 Å². The molecule has 2 N–H and O–H groups in total. The van der Waals surface area contributed by atoms with E-state index in [9.17, 15) is 4.39 Å². The van der Waals surface area contributed by atoms with Crippen molar-refractivity contribution in [3.8, 4) is 0 Å². The third kappa shape index (κ3) is 1.95. The second-order valence-electron chi connectivity index (χ2n) is 4.12. The van der Waals surface area contributed by atoms with E-state index in [0.717, 1.165) is 0 Å². The molecule has 0 radical (unpaired) electrons. The van der Waals surface area contributed by atoms with Crippen molar-refractivity contribution in [3.05, 3.63) is 12.4 Å². The molecule has 1 atom stereocenters. The van der Waals surface area contributed by atoms with Crippen molar-refractivity contribution in [2.24, 2.45) is 5.92 Å². The molecule has 0 fully saturated rings. The Morgan fingerprint density at radius 1 is 1.31 bits per heavy atom. The van der Waals surface area contributed by atoms with E-state index in [1.165, 1.54) is 6.33 Å². The van der Waals surface area contributed by atoms with Gasteiger partial charge in [0.15, 0.2) is 17.0 Å². The van der Waals surface area contributed by atoms with Crippen molar-refractivity contribution >= 4 is 17.0 Å². The van der Waals surface area contributed by atoms with Gasteiger partial charge in [-0.2, -0.15) is 9.37 Å². The smallest absolute Gasteiger partial charge is 0.288 e. The van der Waals surface area contributed by atoms with E-state index >= 15 is 0 Å². The minimum absolute atomic E-state index is 0.234. The minimum Gasteiger partial charge on any atom is -0.365 e. The largest absolute Gasteiger partial charge is 0.365 e. The van der Waals surface area contributed by atoms with Crippen LogP contribution in [0.4, 0.5) is 10.2 Å². The highest BCUT2D eigenvalue weighted by Gasteiger charge is 2.13. The summed E-state index contributed by atoms with van der Waals surface area (Å²) in [4.78, 5) is 14.1. The molecule has 0 aliphatic rings. The Morgan fingerprint density at radius 3 is 2.75 bits per heavy atom. The number of H-pyrrole nitrogens is 1. The van der Waals surface area contributed by atoms with E-state index in [1.807, 2.05) is 6.92 Å². The Bertz CT molecular complexity index is 493. The van der Waals surface area contributed by atoms with Crippen LogP contribution in [-0.4, -0.2) is 26.0 Å². The molecule has 0 amide bonds. The molecule has 5 nitrogen and oxygen atoms in total. The van der Waals surface area contributed by atoms with E-state index in [0.29, 0.717) is 22.9 Å². The Hall–Kier alpha value is -1.72. The maximum Gasteiger partial charge on any atom is 0.288 e. The Kier molecular flexibility index (Phi) is 2.72. The van der Waals surface area contributed by atoms with Crippen molar-refractivity contribution in [3.63, 3.8) is 0 Å². The van der Waals surface area contributed by atoms with Crippen LogP contribution >= 0.6 is 0 Å². The van der Waals surface area contributed by atoms with Crippen LogP contribution in [0.1, 0.15) is 20.8 Å². The monoisotopic (exact) mass is 223 g/mol. The SMILES string of the molecule is CC(C)[C@H](C)Nc1ncnc2[nH]c(F)nc12. The van der Waals surface area contributed by atoms with Crippen molar-refractivity contribution in [2.45, 2.75) is 26.8 Å². The van der Waals surface area contributed by atoms with Gasteiger partial charge >= 0.3 is 0 Å². The van der Waals surface area contributed by atoms with Crippen LogP contribution in [0.5, 0.6) is 0 Å². The predicted molar refractivity (Wildman–Crippen MR) is 59.6 cm³/mol. The predicted octanol–water partition coefficient (Wildman–Crippen LogP) is 1.95. The number of nitrogens with zero attached hydrogens (tertiary/aromatic N) is 3. The number of hydrogen-bond acceptors (Lipinski definition) is 4. The number of fused-ring (bicyclic) bond motifs is 1. The first-order valence-corrected chi connectivity index (χ1v) is 5.20. The lowest BCUT2D eigenvalue weighted by atomic mass is 10.1. The molecule has 6 heteroatoms. The summed E-state index contributed by atoms with van der Waals surface area (Å²) < 4.78 is 12.9. The zero-order valence-electron chi connectivity index (χ0n) is 9.45. The first-order valence-electron chi connectivity index (χ1n) is 5.20. The van der Waals surface area contributed by atoms with Gasteiger partial charge in [-0.3, -0.25) is 4.98 Å². The van der Waals surface area contributed by atoms with Crippen LogP contribution in [0.25, 0.3) is 11.2 Å². The number of hydrogen-bond donors (Lipinski definition) is 2. The lowest BCUT2D eigenvalue weighted by Crippen LogP contribution is -2.22. The molecule has 0 bridgehead atoms. The molecule has 0 unspecified atom stereocenters. The van der Waals surface area contributed by atoms with E-state index in [-0.39, 0.29) is 6.04 Å². The van der Waals surface area contributed by atoms with Crippen molar-refractivity contribution in [2.75, 3.05) is 5.32 Å². The first-order chi connectivity index (χ1) is 7.58. The number of imidazole rings is 1. The Morgan fingerprint density at radius 2 is 2.06 bits per heavy atom. The molecule has 2 rings (SSSR count). The Labute approximate surface area is 92.5 Å². The van der Waals surface area contributed by atoms with Gasteiger partial charge in [-0.05, 0) is 12.8 Å². The number of rotatable bonds is 3. The summed E-state index contributed by atoms with van der Waals surface area (Å²) >= 11 is 0. The molecule has 2 aromatic rings. The average Bonchev–Trinajstić information content (AvgIpc) is 2.59. The zero-order chi connectivity index (χ0) is 11.7. The topological polar surface area (TPSA) is 66.5 Å². The van der Waals surface area contributed by atoms with Crippen molar-refractivity contribution < 1.29 is 4.39 Å². The van der Waals surface area contributed by atoms with Gasteiger partial charge in [0, 0.05) is 6.04 Å². The average molecular weight is 223 g/mol. The zero-order valence-corrected chi connectivity index (χ0v) is 9.45. The van der Waals surface area contributed by atoms with Gasteiger partial charge < -0.3 is 5.32 Å². The molecular formula is C10H14FN5. The molecule has 0 saturated heterocycles. The van der Waals surface area contributed by atoms with E-state index in [4.69, 9.17) is 0 Å². The summed E-state index contributed by atoms with van der Waals surface area (Å²) in [5.41, 5.74) is 0.846. The lowest BCUT2D eigenvalue weighted by Gasteiger charge is -2.17. The third-order valence-corrected chi connectivity index (χ3v) is 2.62. The lowest BCUT2D eigenvalue weighted by molar-refractivity contribution is 0.554. The summed E-state index contributed by atoms with van der Waals surface area (Å²) in [7, 11) is 0. The molecular weight excluding hydrogens is 209 g/mol. The first kappa shape index (κ1) is 10.8. The number of nitrogens with one attached hydrogen (secondary N) is 2. The van der Waals surface area contributed by atoms with Gasteiger partial charge in [0.25, 0.3) is 6.08 Å². The highest BCUT2D eigenvalue weighted by Crippen LogP contribution is 2.18. The third-order valence-electron chi connectivity index (χ3n) is 2.62. The van der Waals surface area contributed by atoms with Crippen molar-refractivity contribution in [1.29, 1.82) is 0 Å². The summed E-state index contributed by atoms with van der Waals surface area (Å²) in [6.45, 7) is 6.24. The van der Waals surface area contributed by atoms with E-state index in [2.05, 4.69) is 39.1 Å². The summed E-state index contributed by atoms with van der Waals surface area (Å²) in [5, 5.41) is 3.20. The molecule has 86 valence electrons. The molecule has 16 heavy (non-hydrogen) atoms. The fraction of sp³-hybridized carbons (Fsp3) is 0.500. The molecule has 0 aromatic carbocycles. The maximum atomic E-state index is 12.9. The summed E-state index contributed by atoms with van der Waals surface area (Å²) in [5.74, 6) is 1.01. The standard InChI is InChI=1S/C10H14FN5/c1-5(2)6(3)14-8-7-9(13-4-12-8)16-10(11)15-7/h4-6H,1-3H3,(H2,12,13,14,15,16)/t6-/m0/s1. The van der Waals surface area contributed by atoms with Crippen LogP contribution in [0.3, 0.4) is 0 Å². The normalized spacial score (nSPS) is 13.3. The molecule has 0 aliphatic heterocycles. The quantitative estimate of drug-likeness (QED) is 0.780. The number of halogens is 1. The van der Waals surface area contributed by atoms with Crippen LogP contribution < -0.4 is 5.32 Å². The van der Waals surface area contributed by atoms with Gasteiger partial charge in [0.2, 0.25) is 0 Å².